The molecule has 0 saturated carbocycles. The molecule has 0 saturated heterocycles. The molecule has 0 N–H and O–H groups in total. The normalized spacial score (nSPS) is 16.5. The molecule has 1 heterocycles. The average Bonchev–Trinajstić information content (AvgIpc) is 2.91. The lowest BCUT2D eigenvalue weighted by atomic mass is 9.84. The third-order valence-corrected chi connectivity index (χ3v) is 5.12. The largest absolute Gasteiger partial charge is 0.455 e. The number of fused-ring (bicyclic) bond motifs is 1. The summed E-state index contributed by atoms with van der Waals surface area (Å²) < 4.78 is 5.96. The van der Waals surface area contributed by atoms with E-state index >= 15 is 0 Å². The number of para-hydroxylation sites is 3. The predicted molar refractivity (Wildman–Crippen MR) is 113 cm³/mol. The summed E-state index contributed by atoms with van der Waals surface area (Å²) in [4.78, 5) is 2.18. The van der Waals surface area contributed by atoms with Crippen molar-refractivity contribution >= 4 is 11.4 Å². The van der Waals surface area contributed by atoms with E-state index in [0.717, 1.165) is 11.4 Å². The Morgan fingerprint density at radius 1 is 0.857 bits per heavy atom. The molecule has 1 aliphatic heterocycles. The molecule has 0 unspecified atom stereocenters. The van der Waals surface area contributed by atoms with Crippen molar-refractivity contribution in [2.45, 2.75) is 19.3 Å². The molecule has 4 heteroatoms. The Kier molecular flexibility index (Phi) is 4.70. The number of allylic oxidation sites excluding steroid dienone is 1. The van der Waals surface area contributed by atoms with Crippen LogP contribution in [0.5, 0.6) is 11.5 Å². The van der Waals surface area contributed by atoms with E-state index < -0.39 is 0 Å². The van der Waals surface area contributed by atoms with Crippen molar-refractivity contribution in [2.75, 3.05) is 11.9 Å². The van der Waals surface area contributed by atoms with Gasteiger partial charge in [-0.05, 0) is 35.9 Å². The SMILES string of the molecule is CN1/C(=C/N=Nc2ccccc2Oc2ccccc2)C(C)(C)c2ccccc21. The first-order chi connectivity index (χ1) is 13.6. The fourth-order valence-corrected chi connectivity index (χ4v) is 3.62. The second-order valence-electron chi connectivity index (χ2n) is 7.31. The van der Waals surface area contributed by atoms with E-state index in [1.807, 2.05) is 60.8 Å². The van der Waals surface area contributed by atoms with E-state index in [2.05, 4.69) is 60.3 Å². The Morgan fingerprint density at radius 2 is 1.54 bits per heavy atom. The van der Waals surface area contributed by atoms with Gasteiger partial charge in [0.05, 0.1) is 6.20 Å². The maximum absolute atomic E-state index is 5.96. The third kappa shape index (κ3) is 3.29. The second kappa shape index (κ2) is 7.31. The number of hydrogen-bond donors (Lipinski definition) is 0. The highest BCUT2D eigenvalue weighted by Gasteiger charge is 2.38. The second-order valence-corrected chi connectivity index (χ2v) is 7.31. The Labute approximate surface area is 165 Å². The van der Waals surface area contributed by atoms with Crippen LogP contribution in [0, 0.1) is 0 Å². The molecule has 140 valence electrons. The van der Waals surface area contributed by atoms with Gasteiger partial charge in [-0.3, -0.25) is 0 Å². The Balaban J connectivity index is 1.61. The predicted octanol–water partition coefficient (Wildman–Crippen LogP) is 6.83. The molecule has 4 nitrogen and oxygen atoms in total. The Morgan fingerprint density at radius 3 is 2.32 bits per heavy atom. The fourth-order valence-electron chi connectivity index (χ4n) is 3.62. The van der Waals surface area contributed by atoms with Crippen LogP contribution in [-0.4, -0.2) is 7.05 Å². The maximum Gasteiger partial charge on any atom is 0.154 e. The first kappa shape index (κ1) is 18.0. The van der Waals surface area contributed by atoms with Crippen LogP contribution in [0.4, 0.5) is 11.4 Å². The molecule has 4 rings (SSSR count). The van der Waals surface area contributed by atoms with Crippen LogP contribution >= 0.6 is 0 Å². The van der Waals surface area contributed by atoms with E-state index in [4.69, 9.17) is 4.74 Å². The molecule has 28 heavy (non-hydrogen) atoms. The Hall–Kier alpha value is -3.40. The summed E-state index contributed by atoms with van der Waals surface area (Å²) in [5.41, 5.74) is 4.19. The summed E-state index contributed by atoms with van der Waals surface area (Å²) in [5.74, 6) is 1.45. The zero-order valence-corrected chi connectivity index (χ0v) is 16.3. The van der Waals surface area contributed by atoms with Gasteiger partial charge >= 0.3 is 0 Å². The Bertz CT molecular complexity index is 1040. The lowest BCUT2D eigenvalue weighted by Gasteiger charge is -2.22. The molecule has 3 aromatic carbocycles. The van der Waals surface area contributed by atoms with Crippen molar-refractivity contribution in [3.05, 3.63) is 96.3 Å². The van der Waals surface area contributed by atoms with Gasteiger partial charge in [0, 0.05) is 23.8 Å². The number of nitrogens with zero attached hydrogens (tertiary/aromatic N) is 3. The molecule has 0 fully saturated rings. The first-order valence-electron chi connectivity index (χ1n) is 9.34. The summed E-state index contributed by atoms with van der Waals surface area (Å²) >= 11 is 0. The van der Waals surface area contributed by atoms with E-state index in [1.165, 1.54) is 11.3 Å². The van der Waals surface area contributed by atoms with Crippen molar-refractivity contribution in [1.29, 1.82) is 0 Å². The van der Waals surface area contributed by atoms with Crippen molar-refractivity contribution in [3.63, 3.8) is 0 Å². The van der Waals surface area contributed by atoms with E-state index in [-0.39, 0.29) is 5.41 Å². The van der Waals surface area contributed by atoms with Crippen molar-refractivity contribution in [1.82, 2.24) is 0 Å². The maximum atomic E-state index is 5.96. The summed E-state index contributed by atoms with van der Waals surface area (Å²) in [7, 11) is 2.07. The molecule has 3 aromatic rings. The quantitative estimate of drug-likeness (QED) is 0.473. The van der Waals surface area contributed by atoms with Crippen LogP contribution in [0.1, 0.15) is 19.4 Å². The highest BCUT2D eigenvalue weighted by molar-refractivity contribution is 5.69. The van der Waals surface area contributed by atoms with Gasteiger partial charge < -0.3 is 9.64 Å². The molecule has 0 bridgehead atoms. The van der Waals surface area contributed by atoms with Gasteiger partial charge in [0.1, 0.15) is 11.4 Å². The van der Waals surface area contributed by atoms with Crippen molar-refractivity contribution < 1.29 is 4.74 Å². The molecule has 0 aliphatic carbocycles. The minimum Gasteiger partial charge on any atom is -0.455 e. The van der Waals surface area contributed by atoms with Gasteiger partial charge in [-0.15, -0.1) is 5.11 Å². The topological polar surface area (TPSA) is 37.2 Å². The minimum atomic E-state index is -0.121. The van der Waals surface area contributed by atoms with Gasteiger partial charge in [0.15, 0.2) is 5.75 Å². The number of likely N-dealkylation sites (N-methyl/N-ethyl adjacent to an activating group) is 1. The van der Waals surface area contributed by atoms with Crippen molar-refractivity contribution in [2.24, 2.45) is 10.2 Å². The van der Waals surface area contributed by atoms with Crippen LogP contribution in [-0.2, 0) is 5.41 Å². The monoisotopic (exact) mass is 369 g/mol. The number of anilines is 1. The average molecular weight is 369 g/mol. The molecular formula is C24H23N3O. The van der Waals surface area contributed by atoms with Gasteiger partial charge in [-0.25, -0.2) is 0 Å². The van der Waals surface area contributed by atoms with E-state index in [9.17, 15) is 0 Å². The zero-order chi connectivity index (χ0) is 19.6. The molecule has 0 radical (unpaired) electrons. The lowest BCUT2D eigenvalue weighted by molar-refractivity contribution is 0.483. The number of ether oxygens (including phenoxy) is 1. The molecular weight excluding hydrogens is 346 g/mol. The van der Waals surface area contributed by atoms with E-state index in [0.29, 0.717) is 11.4 Å². The minimum absolute atomic E-state index is 0.121. The van der Waals surface area contributed by atoms with Gasteiger partial charge in [-0.2, -0.15) is 5.11 Å². The molecule has 0 atom stereocenters. The number of azo groups is 1. The van der Waals surface area contributed by atoms with Crippen LogP contribution in [0.3, 0.4) is 0 Å². The van der Waals surface area contributed by atoms with Crippen LogP contribution in [0.15, 0.2) is 101 Å². The summed E-state index contributed by atoms with van der Waals surface area (Å²) in [5, 5.41) is 8.82. The van der Waals surface area contributed by atoms with Crippen LogP contribution in [0.25, 0.3) is 0 Å². The fraction of sp³-hybridized carbons (Fsp3) is 0.167. The number of hydrogen-bond acceptors (Lipinski definition) is 4. The van der Waals surface area contributed by atoms with Crippen molar-refractivity contribution in [3.8, 4) is 11.5 Å². The summed E-state index contributed by atoms with van der Waals surface area (Å²) in [6.07, 6.45) is 1.85. The summed E-state index contributed by atoms with van der Waals surface area (Å²) in [6.45, 7) is 4.42. The molecule has 0 spiro atoms. The zero-order valence-electron chi connectivity index (χ0n) is 16.3. The van der Waals surface area contributed by atoms with Crippen LogP contribution < -0.4 is 9.64 Å². The smallest absolute Gasteiger partial charge is 0.154 e. The molecule has 0 aromatic heterocycles. The number of benzene rings is 3. The third-order valence-electron chi connectivity index (χ3n) is 5.12. The lowest BCUT2D eigenvalue weighted by Crippen LogP contribution is -2.22. The first-order valence-corrected chi connectivity index (χ1v) is 9.34. The molecule has 1 aliphatic rings. The highest BCUT2D eigenvalue weighted by Crippen LogP contribution is 2.46. The van der Waals surface area contributed by atoms with E-state index in [1.54, 1.807) is 0 Å². The van der Waals surface area contributed by atoms with Gasteiger partial charge in [0.25, 0.3) is 0 Å². The number of rotatable bonds is 4. The molecule has 0 amide bonds. The standard InChI is InChI=1S/C24H23N3O/c1-24(2)19-13-7-9-15-21(19)27(3)23(24)17-25-26-20-14-8-10-16-22(20)28-18-11-5-4-6-12-18/h4-17H,1-3H3/b23-17+,26-25?. The summed E-state index contributed by atoms with van der Waals surface area (Å²) in [6, 6.07) is 25.8. The highest BCUT2D eigenvalue weighted by atomic mass is 16.5. The van der Waals surface area contributed by atoms with Gasteiger partial charge in [-0.1, -0.05) is 62.4 Å². The van der Waals surface area contributed by atoms with Gasteiger partial charge in [0.2, 0.25) is 0 Å². The van der Waals surface area contributed by atoms with Crippen LogP contribution in [0.2, 0.25) is 0 Å².